The van der Waals surface area contributed by atoms with Crippen LogP contribution in [-0.2, 0) is 18.4 Å². The van der Waals surface area contributed by atoms with Gasteiger partial charge in [0.25, 0.3) is 7.82 Å². The molecule has 260 valence electrons. The maximum absolute atomic E-state index is 12.6. The summed E-state index contributed by atoms with van der Waals surface area (Å²) in [5, 5.41) is 13.5. The fourth-order valence-electron chi connectivity index (χ4n) is 3.72. The number of aliphatic hydroxyl groups is 1. The van der Waals surface area contributed by atoms with Crippen molar-refractivity contribution in [3.63, 3.8) is 0 Å². The van der Waals surface area contributed by atoms with Gasteiger partial charge in [-0.15, -0.1) is 0 Å². The normalized spacial score (nSPS) is 16.1. The maximum atomic E-state index is 12.6. The molecule has 46 heavy (non-hydrogen) atoms. The van der Waals surface area contributed by atoms with E-state index in [9.17, 15) is 19.4 Å². The van der Waals surface area contributed by atoms with Gasteiger partial charge in [0.2, 0.25) is 5.91 Å². The zero-order valence-corrected chi connectivity index (χ0v) is 29.9. The topological polar surface area (TPSA) is 108 Å². The Morgan fingerprint density at radius 1 is 0.783 bits per heavy atom. The summed E-state index contributed by atoms with van der Waals surface area (Å²) in [4.78, 5) is 24.9. The number of phosphoric acid groups is 1. The highest BCUT2D eigenvalue weighted by atomic mass is 31.2. The second-order valence-electron chi connectivity index (χ2n) is 11.8. The van der Waals surface area contributed by atoms with Gasteiger partial charge < -0.3 is 28.8 Å². The number of hydrogen-bond acceptors (Lipinski definition) is 6. The fourth-order valence-corrected chi connectivity index (χ4v) is 4.45. The third-order valence-corrected chi connectivity index (χ3v) is 7.34. The van der Waals surface area contributed by atoms with E-state index in [1.807, 2.05) is 52.4 Å². The predicted octanol–water partition coefficient (Wildman–Crippen LogP) is 7.43. The van der Waals surface area contributed by atoms with Crippen molar-refractivity contribution in [1.29, 1.82) is 0 Å². The van der Waals surface area contributed by atoms with Crippen LogP contribution in [0.25, 0.3) is 0 Å². The van der Waals surface area contributed by atoms with Crippen molar-refractivity contribution in [2.24, 2.45) is 0 Å². The number of unbranched alkanes of at least 4 members (excludes halogenated alkanes) is 2. The van der Waals surface area contributed by atoms with Gasteiger partial charge in [0.1, 0.15) is 13.2 Å². The number of carbonyl (C=O) groups excluding carboxylic acids is 1. The summed E-state index contributed by atoms with van der Waals surface area (Å²) in [5.74, 6) is -0.349. The lowest BCUT2D eigenvalue weighted by Gasteiger charge is -2.29. The number of allylic oxidation sites excluding steroid dienone is 14. The van der Waals surface area contributed by atoms with Crippen molar-refractivity contribution in [1.82, 2.24) is 5.32 Å². The van der Waals surface area contributed by atoms with Gasteiger partial charge >= 0.3 is 0 Å². The van der Waals surface area contributed by atoms with Crippen LogP contribution >= 0.6 is 7.82 Å². The first-order valence-corrected chi connectivity index (χ1v) is 18.0. The number of hydrogen-bond donors (Lipinski definition) is 2. The van der Waals surface area contributed by atoms with Crippen molar-refractivity contribution in [3.05, 3.63) is 97.2 Å². The Bertz CT molecular complexity index is 1070. The number of amides is 1. The lowest BCUT2D eigenvalue weighted by atomic mass is 10.1. The number of aliphatic hydroxyl groups excluding tert-OH is 1. The second-order valence-corrected chi connectivity index (χ2v) is 13.2. The first-order chi connectivity index (χ1) is 22.0. The molecule has 0 saturated carbocycles. The average Bonchev–Trinajstić information content (AvgIpc) is 2.99. The zero-order valence-electron chi connectivity index (χ0n) is 29.0. The number of quaternary nitrogens is 1. The van der Waals surface area contributed by atoms with E-state index >= 15 is 0 Å². The minimum Gasteiger partial charge on any atom is -0.756 e. The molecule has 9 heteroatoms. The molecule has 0 aromatic heterocycles. The van der Waals surface area contributed by atoms with Crippen LogP contribution < -0.4 is 10.2 Å². The van der Waals surface area contributed by atoms with Crippen LogP contribution in [0.1, 0.15) is 78.1 Å². The fraction of sp³-hybridized carbons (Fsp3) is 0.541. The Hall–Kier alpha value is -2.58. The molecule has 0 aliphatic carbocycles. The predicted molar refractivity (Wildman–Crippen MR) is 191 cm³/mol. The van der Waals surface area contributed by atoms with Crippen LogP contribution in [0, 0.1) is 0 Å². The number of rotatable bonds is 27. The quantitative estimate of drug-likeness (QED) is 0.0411. The summed E-state index contributed by atoms with van der Waals surface area (Å²) >= 11 is 0. The van der Waals surface area contributed by atoms with Gasteiger partial charge in [-0.1, -0.05) is 104 Å². The average molecular weight is 661 g/mol. The molecular formula is C37H61N2O6P. The molecular weight excluding hydrogens is 599 g/mol. The van der Waals surface area contributed by atoms with E-state index in [4.69, 9.17) is 9.05 Å². The first-order valence-electron chi connectivity index (χ1n) is 16.6. The summed E-state index contributed by atoms with van der Waals surface area (Å²) in [6, 6.07) is -0.966. The lowest BCUT2D eigenvalue weighted by Crippen LogP contribution is -2.45. The van der Waals surface area contributed by atoms with Crippen LogP contribution in [0.15, 0.2) is 97.2 Å². The molecule has 0 aliphatic heterocycles. The molecule has 3 atom stereocenters. The van der Waals surface area contributed by atoms with E-state index < -0.39 is 26.6 Å². The monoisotopic (exact) mass is 660 g/mol. The van der Waals surface area contributed by atoms with E-state index in [-0.39, 0.29) is 18.9 Å². The minimum atomic E-state index is -4.61. The SMILES string of the molecule is C/C=C/CC/C=C/CC/C=C/C(O)C(COP(=O)([O-])OCC[N+](C)(C)C)NC(=O)C/C=C\C/C=C\C/C=C\C/C=C\C/C=C\CC. The highest BCUT2D eigenvalue weighted by molar-refractivity contribution is 7.45. The summed E-state index contributed by atoms with van der Waals surface area (Å²) in [5.41, 5.74) is 0. The summed E-state index contributed by atoms with van der Waals surface area (Å²) < 4.78 is 22.9. The molecule has 8 nitrogen and oxygen atoms in total. The van der Waals surface area contributed by atoms with Crippen LogP contribution in [0.5, 0.6) is 0 Å². The molecule has 0 radical (unpaired) electrons. The van der Waals surface area contributed by atoms with Crippen LogP contribution in [0.3, 0.4) is 0 Å². The molecule has 1 amide bonds. The first kappa shape index (κ1) is 43.4. The van der Waals surface area contributed by atoms with E-state index in [1.54, 1.807) is 12.2 Å². The Balaban J connectivity index is 4.83. The number of carbonyl (C=O) groups is 1. The molecule has 0 spiro atoms. The minimum absolute atomic E-state index is 0.0317. The van der Waals surface area contributed by atoms with Gasteiger partial charge in [0.15, 0.2) is 0 Å². The summed E-state index contributed by atoms with van der Waals surface area (Å²) in [6.07, 6.45) is 39.4. The van der Waals surface area contributed by atoms with Crippen LogP contribution in [0.2, 0.25) is 0 Å². The lowest BCUT2D eigenvalue weighted by molar-refractivity contribution is -0.870. The molecule has 0 heterocycles. The van der Waals surface area contributed by atoms with E-state index in [0.717, 1.165) is 44.9 Å². The van der Waals surface area contributed by atoms with E-state index in [1.165, 1.54) is 0 Å². The molecule has 0 aromatic carbocycles. The van der Waals surface area contributed by atoms with Crippen molar-refractivity contribution >= 4 is 13.7 Å². The van der Waals surface area contributed by atoms with Crippen molar-refractivity contribution < 1.29 is 32.9 Å². The third-order valence-electron chi connectivity index (χ3n) is 6.38. The highest BCUT2D eigenvalue weighted by Crippen LogP contribution is 2.38. The molecule has 0 aliphatic rings. The van der Waals surface area contributed by atoms with Crippen LogP contribution in [-0.4, -0.2) is 68.5 Å². The van der Waals surface area contributed by atoms with Gasteiger partial charge in [-0.3, -0.25) is 9.36 Å². The van der Waals surface area contributed by atoms with Crippen molar-refractivity contribution in [2.75, 3.05) is 40.9 Å². The maximum Gasteiger partial charge on any atom is 0.268 e. The Morgan fingerprint density at radius 2 is 1.28 bits per heavy atom. The van der Waals surface area contributed by atoms with Crippen molar-refractivity contribution in [2.45, 2.75) is 90.2 Å². The highest BCUT2D eigenvalue weighted by Gasteiger charge is 2.22. The molecule has 0 bridgehead atoms. The number of nitrogens with zero attached hydrogens (tertiary/aromatic N) is 1. The summed E-state index contributed by atoms with van der Waals surface area (Å²) in [6.45, 7) is 4.12. The summed E-state index contributed by atoms with van der Waals surface area (Å²) in [7, 11) is 1.15. The number of phosphoric ester groups is 1. The molecule has 2 N–H and O–H groups in total. The van der Waals surface area contributed by atoms with Crippen LogP contribution in [0.4, 0.5) is 0 Å². The third kappa shape index (κ3) is 30.1. The zero-order chi connectivity index (χ0) is 34.4. The number of likely N-dealkylation sites (N-methyl/N-ethyl adjacent to an activating group) is 1. The second kappa shape index (κ2) is 28.6. The van der Waals surface area contributed by atoms with Gasteiger partial charge in [0.05, 0.1) is 39.9 Å². The van der Waals surface area contributed by atoms with Gasteiger partial charge in [-0.05, 0) is 64.7 Å². The van der Waals surface area contributed by atoms with Gasteiger partial charge in [-0.2, -0.15) is 0 Å². The standard InChI is InChI=1S/C37H61N2O6P/c1-6-8-10-12-14-16-17-18-19-20-21-23-25-27-29-31-37(41)38-35(34-45-46(42,43)44-33-32-39(3,4)5)36(40)30-28-26-24-22-15-13-11-9-7-2/h7-10,14-16,18-19,21-23,27-30,35-36,40H,6,11-13,17,20,24-26,31-34H2,1-5H3,(H-,38,41,42,43)/b9-7+,10-8-,16-14-,19-18-,22-15+,23-21-,29-27-,30-28+. The van der Waals surface area contributed by atoms with Gasteiger partial charge in [0, 0.05) is 6.42 Å². The smallest absolute Gasteiger partial charge is 0.268 e. The molecule has 0 aromatic rings. The Labute approximate surface area is 279 Å². The molecule has 3 unspecified atom stereocenters. The Morgan fingerprint density at radius 3 is 1.80 bits per heavy atom. The molecule has 0 fully saturated rings. The van der Waals surface area contributed by atoms with E-state index in [0.29, 0.717) is 23.9 Å². The Kier molecular flexibility index (Phi) is 27.0. The van der Waals surface area contributed by atoms with E-state index in [2.05, 4.69) is 73.0 Å². The number of nitrogens with one attached hydrogen (secondary N) is 1. The molecule has 0 rings (SSSR count). The van der Waals surface area contributed by atoms with Gasteiger partial charge in [-0.25, -0.2) is 0 Å². The molecule has 0 saturated heterocycles. The van der Waals surface area contributed by atoms with Crippen molar-refractivity contribution in [3.8, 4) is 0 Å². The largest absolute Gasteiger partial charge is 0.756 e.